The smallest absolute Gasteiger partial charge is 0.0159 e. The summed E-state index contributed by atoms with van der Waals surface area (Å²) in [6.07, 6.45) is 2.57. The predicted octanol–water partition coefficient (Wildman–Crippen LogP) is 3.86. The van der Waals surface area contributed by atoms with Gasteiger partial charge in [-0.1, -0.05) is 34.6 Å². The number of rotatable bonds is 4. The lowest BCUT2D eigenvalue weighted by Gasteiger charge is -2.47. The molecule has 1 aliphatic heterocycles. The third-order valence-corrected chi connectivity index (χ3v) is 4.28. The van der Waals surface area contributed by atoms with Gasteiger partial charge in [0.05, 0.1) is 0 Å². The molecule has 1 heterocycles. The minimum atomic E-state index is 0.315. The summed E-state index contributed by atoms with van der Waals surface area (Å²) in [5, 5.41) is 0. The van der Waals surface area contributed by atoms with Gasteiger partial charge < -0.3 is 4.90 Å². The molecule has 0 unspecified atom stereocenters. The Morgan fingerprint density at radius 1 is 0.737 bits per heavy atom. The van der Waals surface area contributed by atoms with Crippen molar-refractivity contribution in [1.29, 1.82) is 0 Å². The van der Waals surface area contributed by atoms with E-state index in [-0.39, 0.29) is 0 Å². The molecular formula is C17H36N2. The molecule has 114 valence electrons. The Labute approximate surface area is 121 Å². The number of likely N-dealkylation sites (N-methyl/N-ethyl adjacent to an activating group) is 1. The topological polar surface area (TPSA) is 6.48 Å². The van der Waals surface area contributed by atoms with Crippen molar-refractivity contribution in [2.75, 3.05) is 33.2 Å². The van der Waals surface area contributed by atoms with Crippen LogP contribution in [-0.2, 0) is 0 Å². The summed E-state index contributed by atoms with van der Waals surface area (Å²) in [6, 6.07) is 0. The van der Waals surface area contributed by atoms with Crippen molar-refractivity contribution in [2.45, 2.75) is 66.8 Å². The Kier molecular flexibility index (Phi) is 5.12. The molecule has 2 nitrogen and oxygen atoms in total. The zero-order valence-corrected chi connectivity index (χ0v) is 14.6. The summed E-state index contributed by atoms with van der Waals surface area (Å²) < 4.78 is 0. The lowest BCUT2D eigenvalue weighted by molar-refractivity contribution is 0.0231. The first kappa shape index (κ1) is 17.0. The molecule has 1 saturated heterocycles. The standard InChI is InChI=1S/C17H36N2/c1-15(2,3)13-16(4,5)14-17(6,7)19-11-9-18(8)10-12-19/h9-14H2,1-8H3. The molecular weight excluding hydrogens is 232 g/mol. The Balaban J connectivity index is 2.62. The SMILES string of the molecule is CN1CCN(C(C)(C)CC(C)(C)CC(C)(C)C)CC1. The van der Waals surface area contributed by atoms with Crippen LogP contribution >= 0.6 is 0 Å². The van der Waals surface area contributed by atoms with Gasteiger partial charge >= 0.3 is 0 Å². The van der Waals surface area contributed by atoms with Gasteiger partial charge in [-0.05, 0) is 44.6 Å². The molecule has 0 bridgehead atoms. The normalized spacial score (nSPS) is 20.8. The van der Waals surface area contributed by atoms with Crippen molar-refractivity contribution in [1.82, 2.24) is 9.80 Å². The first-order valence-corrected chi connectivity index (χ1v) is 7.85. The molecule has 1 aliphatic rings. The van der Waals surface area contributed by atoms with Crippen LogP contribution in [0.5, 0.6) is 0 Å². The fourth-order valence-electron chi connectivity index (χ4n) is 4.19. The molecule has 0 amide bonds. The number of hydrogen-bond acceptors (Lipinski definition) is 2. The van der Waals surface area contributed by atoms with Crippen LogP contribution in [0.3, 0.4) is 0 Å². The van der Waals surface area contributed by atoms with Crippen LogP contribution in [0, 0.1) is 10.8 Å². The van der Waals surface area contributed by atoms with Crippen LogP contribution in [0.4, 0.5) is 0 Å². The lowest BCUT2D eigenvalue weighted by Crippen LogP contribution is -2.55. The van der Waals surface area contributed by atoms with Crippen LogP contribution in [0.1, 0.15) is 61.3 Å². The molecule has 0 aromatic carbocycles. The van der Waals surface area contributed by atoms with Gasteiger partial charge in [0, 0.05) is 31.7 Å². The van der Waals surface area contributed by atoms with Crippen molar-refractivity contribution in [3.8, 4) is 0 Å². The maximum Gasteiger partial charge on any atom is 0.0159 e. The molecule has 0 N–H and O–H groups in total. The second-order valence-electron chi connectivity index (χ2n) is 9.18. The van der Waals surface area contributed by atoms with Gasteiger partial charge in [-0.2, -0.15) is 0 Å². The van der Waals surface area contributed by atoms with Crippen molar-refractivity contribution < 1.29 is 0 Å². The molecule has 2 heteroatoms. The monoisotopic (exact) mass is 268 g/mol. The quantitative estimate of drug-likeness (QED) is 0.764. The molecule has 0 saturated carbocycles. The van der Waals surface area contributed by atoms with E-state index in [9.17, 15) is 0 Å². The summed E-state index contributed by atoms with van der Waals surface area (Å²) in [7, 11) is 2.23. The van der Waals surface area contributed by atoms with Gasteiger partial charge in [0.25, 0.3) is 0 Å². The van der Waals surface area contributed by atoms with E-state index in [1.807, 2.05) is 0 Å². The van der Waals surface area contributed by atoms with Crippen LogP contribution in [0.15, 0.2) is 0 Å². The average molecular weight is 268 g/mol. The van der Waals surface area contributed by atoms with E-state index < -0.39 is 0 Å². The number of piperazine rings is 1. The van der Waals surface area contributed by atoms with E-state index in [1.165, 1.54) is 39.0 Å². The number of hydrogen-bond donors (Lipinski definition) is 0. The van der Waals surface area contributed by atoms with Gasteiger partial charge in [0.1, 0.15) is 0 Å². The second-order valence-corrected chi connectivity index (χ2v) is 9.18. The summed E-state index contributed by atoms with van der Waals surface area (Å²) in [5.74, 6) is 0. The fourth-order valence-corrected chi connectivity index (χ4v) is 4.19. The highest BCUT2D eigenvalue weighted by Gasteiger charge is 2.36. The minimum Gasteiger partial charge on any atom is -0.304 e. The maximum absolute atomic E-state index is 2.69. The first-order chi connectivity index (χ1) is 8.41. The average Bonchev–Trinajstić information content (AvgIpc) is 2.11. The zero-order valence-electron chi connectivity index (χ0n) is 14.6. The van der Waals surface area contributed by atoms with Gasteiger partial charge in [-0.15, -0.1) is 0 Å². The Morgan fingerprint density at radius 3 is 1.63 bits per heavy atom. The second kappa shape index (κ2) is 5.73. The van der Waals surface area contributed by atoms with E-state index in [0.717, 1.165) is 0 Å². The van der Waals surface area contributed by atoms with Crippen molar-refractivity contribution in [2.24, 2.45) is 10.8 Å². The Morgan fingerprint density at radius 2 is 1.21 bits per heavy atom. The largest absolute Gasteiger partial charge is 0.304 e. The van der Waals surface area contributed by atoms with Crippen molar-refractivity contribution in [3.63, 3.8) is 0 Å². The van der Waals surface area contributed by atoms with Gasteiger partial charge in [-0.3, -0.25) is 4.90 Å². The zero-order chi connectivity index (χ0) is 14.9. The molecule has 1 rings (SSSR count). The first-order valence-electron chi connectivity index (χ1n) is 7.85. The van der Waals surface area contributed by atoms with Gasteiger partial charge in [0.2, 0.25) is 0 Å². The molecule has 0 atom stereocenters. The molecule has 0 radical (unpaired) electrons. The van der Waals surface area contributed by atoms with E-state index in [4.69, 9.17) is 0 Å². The van der Waals surface area contributed by atoms with Crippen LogP contribution in [-0.4, -0.2) is 48.6 Å². The van der Waals surface area contributed by atoms with Crippen LogP contribution in [0.2, 0.25) is 0 Å². The molecule has 0 spiro atoms. The third-order valence-electron chi connectivity index (χ3n) is 4.28. The molecule has 19 heavy (non-hydrogen) atoms. The third kappa shape index (κ3) is 5.83. The van der Waals surface area contributed by atoms with E-state index in [0.29, 0.717) is 16.4 Å². The molecule has 0 aromatic heterocycles. The summed E-state index contributed by atoms with van der Waals surface area (Å²) in [4.78, 5) is 5.13. The molecule has 1 fully saturated rings. The highest BCUT2D eigenvalue weighted by molar-refractivity contribution is 4.91. The minimum absolute atomic E-state index is 0.315. The van der Waals surface area contributed by atoms with Crippen LogP contribution < -0.4 is 0 Å². The van der Waals surface area contributed by atoms with Gasteiger partial charge in [-0.25, -0.2) is 0 Å². The van der Waals surface area contributed by atoms with E-state index in [2.05, 4.69) is 65.3 Å². The highest BCUT2D eigenvalue weighted by Crippen LogP contribution is 2.40. The van der Waals surface area contributed by atoms with E-state index in [1.54, 1.807) is 0 Å². The highest BCUT2D eigenvalue weighted by atomic mass is 15.3. The summed E-state index contributed by atoms with van der Waals surface area (Å²) >= 11 is 0. The van der Waals surface area contributed by atoms with Crippen molar-refractivity contribution >= 4 is 0 Å². The summed E-state index contributed by atoms with van der Waals surface area (Å²) in [6.45, 7) is 21.7. The lowest BCUT2D eigenvalue weighted by atomic mass is 9.70. The van der Waals surface area contributed by atoms with E-state index >= 15 is 0 Å². The molecule has 0 aliphatic carbocycles. The van der Waals surface area contributed by atoms with Crippen LogP contribution in [0.25, 0.3) is 0 Å². The van der Waals surface area contributed by atoms with Crippen molar-refractivity contribution in [3.05, 3.63) is 0 Å². The predicted molar refractivity (Wildman–Crippen MR) is 85.6 cm³/mol. The maximum atomic E-state index is 2.69. The Bertz CT molecular complexity index is 278. The number of nitrogens with zero attached hydrogens (tertiary/aromatic N) is 2. The molecule has 0 aromatic rings. The van der Waals surface area contributed by atoms with Gasteiger partial charge in [0.15, 0.2) is 0 Å². The fraction of sp³-hybridized carbons (Fsp3) is 1.00. The Hall–Kier alpha value is -0.0800. The summed E-state index contributed by atoms with van der Waals surface area (Å²) in [5.41, 5.74) is 1.14.